The number of hydrogen-bond acceptors (Lipinski definition) is 3. The quantitative estimate of drug-likeness (QED) is 0.654. The highest BCUT2D eigenvalue weighted by molar-refractivity contribution is 5.81. The molecule has 7 heteroatoms. The molecule has 0 radical (unpaired) electrons. The summed E-state index contributed by atoms with van der Waals surface area (Å²) < 4.78 is 0. The van der Waals surface area contributed by atoms with Crippen molar-refractivity contribution >= 4 is 17.9 Å². The minimum atomic E-state index is -1.06. The van der Waals surface area contributed by atoms with Gasteiger partial charge in [0, 0.05) is 32.1 Å². The zero-order valence-electron chi connectivity index (χ0n) is 9.39. The number of urea groups is 1. The lowest BCUT2D eigenvalue weighted by Gasteiger charge is -2.37. The molecule has 94 valence electrons. The van der Waals surface area contributed by atoms with Crippen molar-refractivity contribution in [3.63, 3.8) is 0 Å². The van der Waals surface area contributed by atoms with Crippen LogP contribution in [0.25, 0.3) is 0 Å². The molecule has 2 rings (SSSR count). The predicted octanol–water partition coefficient (Wildman–Crippen LogP) is -0.913. The van der Waals surface area contributed by atoms with Gasteiger partial charge in [0.05, 0.1) is 0 Å². The Morgan fingerprint density at radius 3 is 2.88 bits per heavy atom. The first-order valence-corrected chi connectivity index (χ1v) is 5.62. The molecule has 0 bridgehead atoms. The third kappa shape index (κ3) is 2.48. The number of nitrogens with one attached hydrogen (secondary N) is 1. The van der Waals surface area contributed by atoms with Gasteiger partial charge in [0.1, 0.15) is 6.54 Å². The van der Waals surface area contributed by atoms with Crippen LogP contribution in [-0.4, -0.2) is 65.0 Å². The van der Waals surface area contributed by atoms with E-state index in [0.717, 1.165) is 6.42 Å². The van der Waals surface area contributed by atoms with E-state index in [1.54, 1.807) is 9.80 Å². The van der Waals surface area contributed by atoms with Crippen LogP contribution in [0.4, 0.5) is 4.79 Å². The van der Waals surface area contributed by atoms with Gasteiger partial charge in [-0.15, -0.1) is 0 Å². The molecular formula is C10H15N3O4. The molecule has 3 amide bonds. The molecule has 0 aromatic carbocycles. The number of carboxylic acids is 1. The van der Waals surface area contributed by atoms with Gasteiger partial charge < -0.3 is 20.2 Å². The van der Waals surface area contributed by atoms with Crippen LogP contribution in [-0.2, 0) is 9.59 Å². The Bertz CT molecular complexity index is 357. The van der Waals surface area contributed by atoms with Crippen LogP contribution >= 0.6 is 0 Å². The highest BCUT2D eigenvalue weighted by Crippen LogP contribution is 2.22. The van der Waals surface area contributed by atoms with Crippen molar-refractivity contribution in [1.82, 2.24) is 15.1 Å². The zero-order valence-corrected chi connectivity index (χ0v) is 9.39. The molecule has 1 unspecified atom stereocenters. The number of carbonyl (C=O) groups excluding carboxylic acids is 2. The molecule has 2 aliphatic rings. The number of fused-ring (bicyclic) bond motifs is 1. The maximum atomic E-state index is 11.6. The van der Waals surface area contributed by atoms with Gasteiger partial charge in [0.2, 0.25) is 5.91 Å². The number of carboxylic acid groups (broad SMARTS) is 1. The van der Waals surface area contributed by atoms with Gasteiger partial charge in [-0.1, -0.05) is 0 Å². The molecule has 2 heterocycles. The number of hydrogen-bond donors (Lipinski definition) is 2. The molecule has 17 heavy (non-hydrogen) atoms. The number of aliphatic carboxylic acids is 1. The van der Waals surface area contributed by atoms with Gasteiger partial charge in [-0.2, -0.15) is 0 Å². The molecule has 0 aliphatic carbocycles. The molecule has 0 aromatic heterocycles. The Labute approximate surface area is 98.4 Å². The third-order valence-corrected chi connectivity index (χ3v) is 3.17. The fourth-order valence-corrected chi connectivity index (χ4v) is 2.31. The lowest BCUT2D eigenvalue weighted by Crippen LogP contribution is -2.55. The predicted molar refractivity (Wildman–Crippen MR) is 57.3 cm³/mol. The summed E-state index contributed by atoms with van der Waals surface area (Å²) in [6.45, 7) is 1.14. The molecule has 2 N–H and O–H groups in total. The van der Waals surface area contributed by atoms with Crippen LogP contribution in [0.5, 0.6) is 0 Å². The normalized spacial score (nSPS) is 23.5. The Balaban J connectivity index is 1.86. The van der Waals surface area contributed by atoms with Crippen LogP contribution in [0.3, 0.4) is 0 Å². The SMILES string of the molecule is O=C(O)CNC(=O)N1CCN2C(=O)CCC2C1. The van der Waals surface area contributed by atoms with Gasteiger partial charge >= 0.3 is 12.0 Å². The standard InChI is InChI=1S/C10H15N3O4/c14-8-2-1-7-6-12(3-4-13(7)8)10(17)11-5-9(15)16/h7H,1-6H2,(H,11,17)(H,15,16). The maximum absolute atomic E-state index is 11.6. The molecule has 7 nitrogen and oxygen atoms in total. The molecule has 1 atom stereocenters. The van der Waals surface area contributed by atoms with Crippen molar-refractivity contribution in [2.45, 2.75) is 18.9 Å². The number of amides is 3. The zero-order chi connectivity index (χ0) is 12.4. The van der Waals surface area contributed by atoms with Gasteiger partial charge in [-0.25, -0.2) is 4.79 Å². The smallest absolute Gasteiger partial charge is 0.323 e. The first-order valence-electron chi connectivity index (χ1n) is 5.62. The van der Waals surface area contributed by atoms with Crippen LogP contribution in [0.15, 0.2) is 0 Å². The second-order valence-electron chi connectivity index (χ2n) is 4.28. The molecule has 2 saturated heterocycles. The van der Waals surface area contributed by atoms with E-state index in [4.69, 9.17) is 5.11 Å². The van der Waals surface area contributed by atoms with Crippen LogP contribution in [0.1, 0.15) is 12.8 Å². The van der Waals surface area contributed by atoms with Crippen molar-refractivity contribution in [3.05, 3.63) is 0 Å². The highest BCUT2D eigenvalue weighted by Gasteiger charge is 2.36. The average molecular weight is 241 g/mol. The van der Waals surface area contributed by atoms with E-state index in [0.29, 0.717) is 26.1 Å². The molecule has 2 fully saturated rings. The molecule has 0 aromatic rings. The number of piperazine rings is 1. The first kappa shape index (κ1) is 11.7. The number of carbonyl (C=O) groups is 3. The summed E-state index contributed by atoms with van der Waals surface area (Å²) in [6, 6.07) is -0.266. The maximum Gasteiger partial charge on any atom is 0.323 e. The van der Waals surface area contributed by atoms with Gasteiger partial charge in [0.25, 0.3) is 0 Å². The minimum Gasteiger partial charge on any atom is -0.480 e. The van der Waals surface area contributed by atoms with Gasteiger partial charge in [-0.3, -0.25) is 9.59 Å². The summed E-state index contributed by atoms with van der Waals surface area (Å²) in [5.74, 6) is -0.909. The average Bonchev–Trinajstić information content (AvgIpc) is 2.67. The molecule has 2 aliphatic heterocycles. The fourth-order valence-electron chi connectivity index (χ4n) is 2.31. The monoisotopic (exact) mass is 241 g/mol. The summed E-state index contributed by atoms with van der Waals surface area (Å²) in [6.07, 6.45) is 1.33. The van der Waals surface area contributed by atoms with E-state index >= 15 is 0 Å². The van der Waals surface area contributed by atoms with Crippen LogP contribution < -0.4 is 5.32 Å². The number of rotatable bonds is 2. The van der Waals surface area contributed by atoms with Crippen LogP contribution in [0.2, 0.25) is 0 Å². The van der Waals surface area contributed by atoms with E-state index in [-0.39, 0.29) is 24.5 Å². The van der Waals surface area contributed by atoms with E-state index in [2.05, 4.69) is 5.32 Å². The summed E-state index contributed by atoms with van der Waals surface area (Å²) in [5, 5.41) is 10.8. The van der Waals surface area contributed by atoms with E-state index in [1.165, 1.54) is 0 Å². The van der Waals surface area contributed by atoms with Gasteiger partial charge in [-0.05, 0) is 6.42 Å². The second-order valence-corrected chi connectivity index (χ2v) is 4.28. The van der Waals surface area contributed by atoms with Crippen molar-refractivity contribution < 1.29 is 19.5 Å². The Morgan fingerprint density at radius 1 is 1.41 bits per heavy atom. The first-order chi connectivity index (χ1) is 8.08. The summed E-state index contributed by atoms with van der Waals surface area (Å²) in [7, 11) is 0. The molecule has 0 saturated carbocycles. The van der Waals surface area contributed by atoms with E-state index in [9.17, 15) is 14.4 Å². The van der Waals surface area contributed by atoms with Crippen molar-refractivity contribution in [1.29, 1.82) is 0 Å². The highest BCUT2D eigenvalue weighted by atomic mass is 16.4. The Kier molecular flexibility index (Phi) is 3.16. The third-order valence-electron chi connectivity index (χ3n) is 3.17. The lowest BCUT2D eigenvalue weighted by molar-refractivity contribution is -0.135. The minimum absolute atomic E-state index is 0.104. The number of nitrogens with zero attached hydrogens (tertiary/aromatic N) is 2. The van der Waals surface area contributed by atoms with Crippen molar-refractivity contribution in [3.8, 4) is 0 Å². The largest absolute Gasteiger partial charge is 0.480 e. The van der Waals surface area contributed by atoms with Crippen LogP contribution in [0, 0.1) is 0 Å². The summed E-state index contributed by atoms with van der Waals surface area (Å²) in [4.78, 5) is 36.8. The molecular weight excluding hydrogens is 226 g/mol. The van der Waals surface area contributed by atoms with Crippen molar-refractivity contribution in [2.75, 3.05) is 26.2 Å². The summed E-state index contributed by atoms with van der Waals surface area (Å²) >= 11 is 0. The van der Waals surface area contributed by atoms with Crippen molar-refractivity contribution in [2.24, 2.45) is 0 Å². The second kappa shape index (κ2) is 4.60. The topological polar surface area (TPSA) is 89.9 Å². The van der Waals surface area contributed by atoms with E-state index in [1.807, 2.05) is 0 Å². The molecule has 0 spiro atoms. The lowest BCUT2D eigenvalue weighted by atomic mass is 10.2. The van der Waals surface area contributed by atoms with E-state index < -0.39 is 5.97 Å². The summed E-state index contributed by atoms with van der Waals surface area (Å²) in [5.41, 5.74) is 0. The Hall–Kier alpha value is -1.79. The fraction of sp³-hybridized carbons (Fsp3) is 0.700. The Morgan fingerprint density at radius 2 is 2.18 bits per heavy atom. The van der Waals surface area contributed by atoms with Gasteiger partial charge in [0.15, 0.2) is 0 Å².